The van der Waals surface area contributed by atoms with Crippen LogP contribution in [0.2, 0.25) is 10.0 Å². The molecule has 0 radical (unpaired) electrons. The van der Waals surface area contributed by atoms with Gasteiger partial charge < -0.3 is 9.84 Å². The number of rotatable bonds is 8. The number of carbonyl (C=O) groups is 1. The van der Waals surface area contributed by atoms with Gasteiger partial charge in [-0.05, 0) is 24.5 Å². The molecular formula is C19H23Cl2NO4. The third kappa shape index (κ3) is 4.33. The molecular weight excluding hydrogens is 377 g/mol. The Labute approximate surface area is 162 Å². The van der Waals surface area contributed by atoms with Gasteiger partial charge in [0.15, 0.2) is 11.4 Å². The highest BCUT2D eigenvalue weighted by molar-refractivity contribution is 6.42. The zero-order valence-electron chi connectivity index (χ0n) is 15.1. The Morgan fingerprint density at radius 2 is 1.81 bits per heavy atom. The maximum Gasteiger partial charge on any atom is 0.356 e. The fraction of sp³-hybridized carbons (Fsp3) is 0.474. The maximum atomic E-state index is 12.9. The van der Waals surface area contributed by atoms with Crippen molar-refractivity contribution >= 4 is 39.9 Å². The van der Waals surface area contributed by atoms with Gasteiger partial charge in [-0.15, -0.1) is 0 Å². The highest BCUT2D eigenvalue weighted by Crippen LogP contribution is 2.34. The second-order valence-corrected chi connectivity index (χ2v) is 7.47. The Balaban J connectivity index is 2.78. The summed E-state index contributed by atoms with van der Waals surface area (Å²) in [7, 11) is 0. The van der Waals surface area contributed by atoms with Crippen molar-refractivity contribution in [3.63, 3.8) is 0 Å². The summed E-state index contributed by atoms with van der Waals surface area (Å²) in [5.74, 6) is -0.956. The minimum absolute atomic E-state index is 0.0824. The first kappa shape index (κ1) is 20.6. The Hall–Kier alpha value is -1.72. The van der Waals surface area contributed by atoms with E-state index in [0.717, 1.165) is 19.3 Å². The van der Waals surface area contributed by atoms with Gasteiger partial charge in [0.25, 0.3) is 5.56 Å². The number of carboxylic acid groups (broad SMARTS) is 1. The van der Waals surface area contributed by atoms with E-state index in [0.29, 0.717) is 17.4 Å². The first-order valence-electron chi connectivity index (χ1n) is 8.69. The zero-order valence-corrected chi connectivity index (χ0v) is 16.7. The smallest absolute Gasteiger partial charge is 0.356 e. The zero-order chi connectivity index (χ0) is 19.4. The van der Waals surface area contributed by atoms with Crippen LogP contribution in [0.4, 0.5) is 0 Å². The molecule has 2 rings (SSSR count). The summed E-state index contributed by atoms with van der Waals surface area (Å²) in [6.45, 7) is 6.53. The van der Waals surface area contributed by atoms with E-state index in [2.05, 4.69) is 6.92 Å². The molecule has 0 unspecified atom stereocenters. The summed E-state index contributed by atoms with van der Waals surface area (Å²) in [6.07, 6.45) is 2.78. The van der Waals surface area contributed by atoms with E-state index < -0.39 is 11.5 Å². The molecule has 0 fully saturated rings. The van der Waals surface area contributed by atoms with E-state index in [9.17, 15) is 14.7 Å². The highest BCUT2D eigenvalue weighted by atomic mass is 35.5. The lowest BCUT2D eigenvalue weighted by molar-refractivity contribution is 0.0677. The molecule has 0 saturated carbocycles. The largest absolute Gasteiger partial charge is 0.490 e. The number of benzene rings is 1. The molecule has 7 heteroatoms. The third-order valence-electron chi connectivity index (χ3n) is 4.01. The monoisotopic (exact) mass is 399 g/mol. The molecule has 1 aromatic carbocycles. The molecule has 0 bridgehead atoms. The minimum Gasteiger partial charge on any atom is -0.490 e. The number of halogens is 2. The van der Waals surface area contributed by atoms with Crippen molar-refractivity contribution in [3.8, 4) is 5.75 Å². The summed E-state index contributed by atoms with van der Waals surface area (Å²) < 4.78 is 7.10. The minimum atomic E-state index is -1.21. The summed E-state index contributed by atoms with van der Waals surface area (Å²) in [4.78, 5) is 24.9. The number of nitrogens with zero attached hydrogens (tertiary/aromatic N) is 1. The van der Waals surface area contributed by atoms with E-state index in [1.54, 1.807) is 0 Å². The first-order chi connectivity index (χ1) is 12.3. The van der Waals surface area contributed by atoms with Gasteiger partial charge in [0.2, 0.25) is 0 Å². The number of aromatic nitrogens is 1. The van der Waals surface area contributed by atoms with Crippen molar-refractivity contribution in [2.45, 2.75) is 46.6 Å². The van der Waals surface area contributed by atoms with E-state index in [-0.39, 0.29) is 34.0 Å². The van der Waals surface area contributed by atoms with Crippen LogP contribution in [0.25, 0.3) is 10.8 Å². The number of hydrogen-bond acceptors (Lipinski definition) is 3. The van der Waals surface area contributed by atoms with Gasteiger partial charge in [-0.2, -0.15) is 0 Å². The number of hydrogen-bond donors (Lipinski definition) is 1. The van der Waals surface area contributed by atoms with Crippen LogP contribution in [0.3, 0.4) is 0 Å². The van der Waals surface area contributed by atoms with Crippen molar-refractivity contribution in [2.24, 2.45) is 5.92 Å². The third-order valence-corrected chi connectivity index (χ3v) is 4.73. The molecule has 1 N–H and O–H groups in total. The maximum absolute atomic E-state index is 12.9. The second-order valence-electron chi connectivity index (χ2n) is 6.66. The van der Waals surface area contributed by atoms with Crippen molar-refractivity contribution in [1.82, 2.24) is 4.57 Å². The Kier molecular flexibility index (Phi) is 6.95. The standard InChI is InChI=1S/C19H23Cl2NO4/c1-4-5-6-7-26-17-12-8-14(20)15(21)9-13(12)18(23)22(10-11(2)3)16(17)19(24)25/h8-9,11H,4-7,10H2,1-3H3,(H,24,25). The molecule has 26 heavy (non-hydrogen) atoms. The predicted octanol–water partition coefficient (Wildman–Crippen LogP) is 5.23. The van der Waals surface area contributed by atoms with Crippen LogP contribution >= 0.6 is 23.2 Å². The van der Waals surface area contributed by atoms with Crippen LogP contribution in [0, 0.1) is 5.92 Å². The van der Waals surface area contributed by atoms with Gasteiger partial charge >= 0.3 is 5.97 Å². The molecule has 1 aromatic heterocycles. The molecule has 0 atom stereocenters. The molecule has 1 heterocycles. The summed E-state index contributed by atoms with van der Waals surface area (Å²) in [5, 5.41) is 10.9. The van der Waals surface area contributed by atoms with Gasteiger partial charge in [-0.3, -0.25) is 9.36 Å². The molecule has 0 spiro atoms. The Morgan fingerprint density at radius 3 is 2.35 bits per heavy atom. The molecule has 0 aliphatic carbocycles. The predicted molar refractivity (Wildman–Crippen MR) is 105 cm³/mol. The average molecular weight is 400 g/mol. The van der Waals surface area contributed by atoms with Crippen LogP contribution in [0.5, 0.6) is 5.75 Å². The highest BCUT2D eigenvalue weighted by Gasteiger charge is 2.24. The second kappa shape index (κ2) is 8.78. The molecule has 0 saturated heterocycles. The lowest BCUT2D eigenvalue weighted by atomic mass is 10.1. The van der Waals surface area contributed by atoms with Gasteiger partial charge in [0, 0.05) is 11.9 Å². The molecule has 0 aliphatic rings. The van der Waals surface area contributed by atoms with Gasteiger partial charge in [0.05, 0.1) is 22.0 Å². The molecule has 142 valence electrons. The Morgan fingerprint density at radius 1 is 1.19 bits per heavy atom. The number of unbranched alkanes of at least 4 members (excludes halogenated alkanes) is 2. The number of aromatic carboxylic acids is 1. The normalized spacial score (nSPS) is 11.3. The van der Waals surface area contributed by atoms with Crippen LogP contribution < -0.4 is 10.3 Å². The van der Waals surface area contributed by atoms with E-state index in [1.165, 1.54) is 16.7 Å². The van der Waals surface area contributed by atoms with Crippen molar-refractivity contribution in [3.05, 3.63) is 38.2 Å². The fourth-order valence-electron chi connectivity index (χ4n) is 2.83. The summed E-state index contributed by atoms with van der Waals surface area (Å²) >= 11 is 12.2. The number of fused-ring (bicyclic) bond motifs is 1. The first-order valence-corrected chi connectivity index (χ1v) is 9.45. The number of pyridine rings is 1. The molecule has 0 amide bonds. The SMILES string of the molecule is CCCCCOc1c(C(=O)O)n(CC(C)C)c(=O)c2cc(Cl)c(Cl)cc12. The van der Waals surface area contributed by atoms with Crippen molar-refractivity contribution in [2.75, 3.05) is 6.61 Å². The van der Waals surface area contributed by atoms with E-state index >= 15 is 0 Å². The van der Waals surface area contributed by atoms with Crippen LogP contribution in [0.1, 0.15) is 50.5 Å². The summed E-state index contributed by atoms with van der Waals surface area (Å²) in [6, 6.07) is 2.98. The lowest BCUT2D eigenvalue weighted by Gasteiger charge is -2.19. The Bertz CT molecular complexity index is 874. The van der Waals surface area contributed by atoms with Gasteiger partial charge in [-0.1, -0.05) is 56.8 Å². The fourth-order valence-corrected chi connectivity index (χ4v) is 3.16. The lowest BCUT2D eigenvalue weighted by Crippen LogP contribution is -2.29. The molecule has 5 nitrogen and oxygen atoms in total. The van der Waals surface area contributed by atoms with Crippen LogP contribution in [0.15, 0.2) is 16.9 Å². The van der Waals surface area contributed by atoms with Crippen LogP contribution in [-0.2, 0) is 6.54 Å². The average Bonchev–Trinajstić information content (AvgIpc) is 2.56. The van der Waals surface area contributed by atoms with Crippen molar-refractivity contribution in [1.29, 1.82) is 0 Å². The summed E-state index contributed by atoms with van der Waals surface area (Å²) in [5.41, 5.74) is -0.559. The van der Waals surface area contributed by atoms with Gasteiger partial charge in [-0.25, -0.2) is 4.79 Å². The van der Waals surface area contributed by atoms with E-state index in [1.807, 2.05) is 13.8 Å². The van der Waals surface area contributed by atoms with Crippen molar-refractivity contribution < 1.29 is 14.6 Å². The number of carboxylic acids is 1. The topological polar surface area (TPSA) is 68.5 Å². The number of ether oxygens (including phenoxy) is 1. The van der Waals surface area contributed by atoms with Gasteiger partial charge in [0.1, 0.15) is 0 Å². The van der Waals surface area contributed by atoms with E-state index in [4.69, 9.17) is 27.9 Å². The quantitative estimate of drug-likeness (QED) is 0.616. The molecule has 2 aromatic rings. The molecule has 0 aliphatic heterocycles. The van der Waals surface area contributed by atoms with Crippen LogP contribution in [-0.4, -0.2) is 22.2 Å².